The van der Waals surface area contributed by atoms with Crippen LogP contribution in [0.25, 0.3) is 0 Å². The van der Waals surface area contributed by atoms with Crippen molar-refractivity contribution in [3.05, 3.63) is 29.8 Å². The van der Waals surface area contributed by atoms with E-state index >= 15 is 0 Å². The summed E-state index contributed by atoms with van der Waals surface area (Å²) >= 11 is 0. The zero-order chi connectivity index (χ0) is 19.3. The second kappa shape index (κ2) is 8.51. The Morgan fingerprint density at radius 2 is 1.74 bits per heavy atom. The molecule has 2 aliphatic heterocycles. The van der Waals surface area contributed by atoms with Crippen molar-refractivity contribution in [1.82, 2.24) is 9.62 Å². The number of carbonyl (C=O) groups is 2. The Labute approximate surface area is 158 Å². The number of ether oxygens (including phenoxy) is 1. The number of hydrogen-bond donors (Lipinski definition) is 1. The SMILES string of the molecule is O=C(CN=C1NS(=O)(=O)c2ccccc21)OCC(=O)N1CCCCCCC1. The Morgan fingerprint density at radius 3 is 2.48 bits per heavy atom. The number of amides is 1. The molecule has 1 fully saturated rings. The Hall–Kier alpha value is -2.42. The van der Waals surface area contributed by atoms with Crippen molar-refractivity contribution in [3.8, 4) is 0 Å². The molecule has 1 aromatic carbocycles. The van der Waals surface area contributed by atoms with E-state index in [1.54, 1.807) is 23.1 Å². The number of hydrogen-bond acceptors (Lipinski definition) is 6. The Balaban J connectivity index is 1.53. The smallest absolute Gasteiger partial charge is 0.328 e. The van der Waals surface area contributed by atoms with Crippen LogP contribution in [0.15, 0.2) is 34.2 Å². The van der Waals surface area contributed by atoms with Gasteiger partial charge in [-0.1, -0.05) is 31.4 Å². The largest absolute Gasteiger partial charge is 0.454 e. The highest BCUT2D eigenvalue weighted by Crippen LogP contribution is 2.22. The van der Waals surface area contributed by atoms with Crippen LogP contribution >= 0.6 is 0 Å². The lowest BCUT2D eigenvalue weighted by Gasteiger charge is -2.24. The van der Waals surface area contributed by atoms with Crippen LogP contribution in [0.5, 0.6) is 0 Å². The molecule has 0 saturated carbocycles. The van der Waals surface area contributed by atoms with Crippen molar-refractivity contribution in [3.63, 3.8) is 0 Å². The van der Waals surface area contributed by atoms with Crippen LogP contribution in [-0.4, -0.2) is 57.3 Å². The normalized spacial score (nSPS) is 20.3. The van der Waals surface area contributed by atoms with Gasteiger partial charge in [0, 0.05) is 18.7 Å². The highest BCUT2D eigenvalue weighted by molar-refractivity contribution is 7.90. The summed E-state index contributed by atoms with van der Waals surface area (Å²) in [5.41, 5.74) is 0.419. The molecule has 2 heterocycles. The lowest BCUT2D eigenvalue weighted by Crippen LogP contribution is -2.37. The van der Waals surface area contributed by atoms with Crippen molar-refractivity contribution in [1.29, 1.82) is 0 Å². The third-order valence-corrected chi connectivity index (χ3v) is 5.99. The highest BCUT2D eigenvalue weighted by Gasteiger charge is 2.30. The second-order valence-electron chi connectivity index (χ2n) is 6.58. The quantitative estimate of drug-likeness (QED) is 0.770. The van der Waals surface area contributed by atoms with Crippen molar-refractivity contribution in [2.75, 3.05) is 26.2 Å². The Kier molecular flexibility index (Phi) is 6.10. The summed E-state index contributed by atoms with van der Waals surface area (Å²) in [7, 11) is -3.64. The summed E-state index contributed by atoms with van der Waals surface area (Å²) in [6.07, 6.45) is 5.35. The summed E-state index contributed by atoms with van der Waals surface area (Å²) in [4.78, 5) is 30.0. The topological polar surface area (TPSA) is 105 Å². The summed E-state index contributed by atoms with van der Waals surface area (Å²) in [5, 5.41) is 0. The summed E-state index contributed by atoms with van der Waals surface area (Å²) in [5.74, 6) is -0.770. The van der Waals surface area contributed by atoms with E-state index in [0.717, 1.165) is 25.7 Å². The first kappa shape index (κ1) is 19.3. The van der Waals surface area contributed by atoms with Gasteiger partial charge in [-0.25, -0.2) is 8.42 Å². The monoisotopic (exact) mass is 393 g/mol. The van der Waals surface area contributed by atoms with Crippen LogP contribution in [0.1, 0.15) is 37.7 Å². The predicted molar refractivity (Wildman–Crippen MR) is 98.8 cm³/mol. The van der Waals surface area contributed by atoms with Gasteiger partial charge in [0.2, 0.25) is 0 Å². The average Bonchev–Trinajstić information content (AvgIpc) is 2.89. The molecule has 0 aliphatic carbocycles. The molecule has 27 heavy (non-hydrogen) atoms. The molecule has 0 atom stereocenters. The fraction of sp³-hybridized carbons (Fsp3) is 0.500. The zero-order valence-electron chi connectivity index (χ0n) is 15.0. The molecule has 1 saturated heterocycles. The molecule has 146 valence electrons. The maximum atomic E-state index is 12.2. The molecule has 9 heteroatoms. The molecular formula is C18H23N3O5S. The van der Waals surface area contributed by atoms with Gasteiger partial charge >= 0.3 is 5.97 Å². The molecule has 0 radical (unpaired) electrons. The van der Waals surface area contributed by atoms with Gasteiger partial charge in [-0.05, 0) is 25.0 Å². The average molecular weight is 393 g/mol. The molecule has 8 nitrogen and oxygen atoms in total. The number of aliphatic imine (C=N–C) groups is 1. The zero-order valence-corrected chi connectivity index (χ0v) is 15.8. The number of amidine groups is 1. The maximum Gasteiger partial charge on any atom is 0.328 e. The lowest BCUT2D eigenvalue weighted by molar-refractivity contribution is -0.150. The van der Waals surface area contributed by atoms with Crippen LogP contribution in [0.4, 0.5) is 0 Å². The van der Waals surface area contributed by atoms with E-state index in [1.807, 2.05) is 0 Å². The van der Waals surface area contributed by atoms with Gasteiger partial charge in [0.05, 0.1) is 4.90 Å². The highest BCUT2D eigenvalue weighted by atomic mass is 32.2. The van der Waals surface area contributed by atoms with Crippen molar-refractivity contribution >= 4 is 27.7 Å². The standard InChI is InChI=1S/C18H23N3O5S/c22-16(21-10-6-2-1-3-7-11-21)13-26-17(23)12-19-18-14-8-4-5-9-15(14)27(24,25)20-18/h4-5,8-9H,1-3,6-7,10-13H2,(H,19,20). The molecule has 2 aliphatic rings. The number of rotatable bonds is 4. The van der Waals surface area contributed by atoms with Gasteiger partial charge in [0.1, 0.15) is 12.4 Å². The maximum absolute atomic E-state index is 12.2. The Bertz CT molecular complexity index is 842. The van der Waals surface area contributed by atoms with Gasteiger partial charge in [0.25, 0.3) is 15.9 Å². The number of likely N-dealkylation sites (tertiary alicyclic amines) is 1. The van der Waals surface area contributed by atoms with Crippen molar-refractivity contribution in [2.45, 2.75) is 37.0 Å². The lowest BCUT2D eigenvalue weighted by atomic mass is 10.1. The fourth-order valence-corrected chi connectivity index (χ4v) is 4.42. The number of carbonyl (C=O) groups excluding carboxylic acids is 2. The number of esters is 1. The number of fused-ring (bicyclic) bond motifs is 1. The first-order chi connectivity index (χ1) is 13.0. The van der Waals surface area contributed by atoms with Crippen LogP contribution in [0.2, 0.25) is 0 Å². The number of benzene rings is 1. The summed E-state index contributed by atoms with van der Waals surface area (Å²) < 4.78 is 31.3. The molecule has 3 rings (SSSR count). The van der Waals surface area contributed by atoms with Crippen LogP contribution in [0, 0.1) is 0 Å². The first-order valence-corrected chi connectivity index (χ1v) is 10.6. The minimum Gasteiger partial charge on any atom is -0.454 e. The Morgan fingerprint density at radius 1 is 1.07 bits per heavy atom. The minimum atomic E-state index is -3.64. The number of nitrogens with one attached hydrogen (secondary N) is 1. The molecule has 0 spiro atoms. The van der Waals surface area contributed by atoms with E-state index in [2.05, 4.69) is 9.71 Å². The van der Waals surface area contributed by atoms with E-state index < -0.39 is 16.0 Å². The second-order valence-corrected chi connectivity index (χ2v) is 8.23. The first-order valence-electron chi connectivity index (χ1n) is 9.07. The van der Waals surface area contributed by atoms with Gasteiger partial charge in [0.15, 0.2) is 6.61 Å². The third kappa shape index (κ3) is 4.85. The number of nitrogens with zero attached hydrogens (tertiary/aromatic N) is 2. The summed E-state index contributed by atoms with van der Waals surface area (Å²) in [6.45, 7) is 0.708. The summed E-state index contributed by atoms with van der Waals surface area (Å²) in [6, 6.07) is 6.39. The predicted octanol–water partition coefficient (Wildman–Crippen LogP) is 1.06. The molecule has 1 amide bonds. The fourth-order valence-electron chi connectivity index (χ4n) is 3.17. The molecular weight excluding hydrogens is 370 g/mol. The minimum absolute atomic E-state index is 0.109. The van der Waals surface area contributed by atoms with E-state index in [4.69, 9.17) is 4.74 Å². The van der Waals surface area contributed by atoms with E-state index in [0.29, 0.717) is 18.7 Å². The molecule has 1 aromatic rings. The van der Waals surface area contributed by atoms with E-state index in [-0.39, 0.29) is 29.8 Å². The van der Waals surface area contributed by atoms with E-state index in [9.17, 15) is 18.0 Å². The molecule has 0 unspecified atom stereocenters. The van der Waals surface area contributed by atoms with Crippen LogP contribution < -0.4 is 4.72 Å². The molecule has 1 N–H and O–H groups in total. The van der Waals surface area contributed by atoms with Gasteiger partial charge in [-0.2, -0.15) is 0 Å². The van der Waals surface area contributed by atoms with Gasteiger partial charge in [-0.3, -0.25) is 19.3 Å². The molecule has 0 bridgehead atoms. The molecule has 0 aromatic heterocycles. The third-order valence-electron chi connectivity index (χ3n) is 4.59. The number of sulfonamides is 1. The van der Waals surface area contributed by atoms with Gasteiger partial charge in [-0.15, -0.1) is 0 Å². The van der Waals surface area contributed by atoms with Crippen molar-refractivity contribution < 1.29 is 22.7 Å². The van der Waals surface area contributed by atoms with Gasteiger partial charge < -0.3 is 9.64 Å². The van der Waals surface area contributed by atoms with Crippen molar-refractivity contribution in [2.24, 2.45) is 4.99 Å². The van der Waals surface area contributed by atoms with Crippen LogP contribution in [0.3, 0.4) is 0 Å². The van der Waals surface area contributed by atoms with Crippen LogP contribution in [-0.2, 0) is 24.3 Å². The van der Waals surface area contributed by atoms with E-state index in [1.165, 1.54) is 12.5 Å².